The van der Waals surface area contributed by atoms with E-state index in [1.54, 1.807) is 0 Å². The number of alkyl halides is 2. The number of nitrogens with zero attached hydrogens (tertiary/aromatic N) is 1. The van der Waals surface area contributed by atoms with Gasteiger partial charge in [-0.3, -0.25) is 4.90 Å². The summed E-state index contributed by atoms with van der Waals surface area (Å²) in [5, 5.41) is 21.2. The molecule has 0 aliphatic carbocycles. The summed E-state index contributed by atoms with van der Waals surface area (Å²) in [5.74, 6) is -4.92. The summed E-state index contributed by atoms with van der Waals surface area (Å²) in [7, 11) is 0. The molecule has 0 saturated carbocycles. The SMILES string of the molecule is OCC(F)(F)[C@H](c1ccc(O)c(F)c1)N1CCNCC1. The number of aromatic hydroxyl groups is 1. The zero-order chi connectivity index (χ0) is 14.8. The Balaban J connectivity index is 2.36. The number of aliphatic hydroxyl groups is 1. The summed E-state index contributed by atoms with van der Waals surface area (Å²) in [4.78, 5) is 1.51. The maximum absolute atomic E-state index is 14.0. The van der Waals surface area contributed by atoms with Crippen LogP contribution in [0.15, 0.2) is 18.2 Å². The summed E-state index contributed by atoms with van der Waals surface area (Å²) in [6, 6.07) is 1.79. The Morgan fingerprint density at radius 3 is 2.50 bits per heavy atom. The first kappa shape index (κ1) is 15.1. The molecule has 1 fully saturated rings. The Morgan fingerprint density at radius 1 is 1.30 bits per heavy atom. The topological polar surface area (TPSA) is 55.7 Å². The molecule has 1 aliphatic rings. The minimum Gasteiger partial charge on any atom is -0.505 e. The molecule has 7 heteroatoms. The normalized spacial score (nSPS) is 19.0. The highest BCUT2D eigenvalue weighted by Gasteiger charge is 2.44. The molecule has 1 aromatic carbocycles. The lowest BCUT2D eigenvalue weighted by molar-refractivity contribution is -0.118. The van der Waals surface area contributed by atoms with Crippen LogP contribution in [0.4, 0.5) is 13.2 Å². The summed E-state index contributed by atoms with van der Waals surface area (Å²) in [5.41, 5.74) is 0.0428. The van der Waals surface area contributed by atoms with Crippen molar-refractivity contribution in [1.29, 1.82) is 0 Å². The Bertz CT molecular complexity index is 465. The van der Waals surface area contributed by atoms with E-state index in [4.69, 9.17) is 10.2 Å². The van der Waals surface area contributed by atoms with Crippen LogP contribution in [0.1, 0.15) is 11.6 Å². The highest BCUT2D eigenvalue weighted by atomic mass is 19.3. The van der Waals surface area contributed by atoms with Gasteiger partial charge in [0.05, 0.1) is 0 Å². The van der Waals surface area contributed by atoms with Gasteiger partial charge in [0.25, 0.3) is 5.92 Å². The number of benzene rings is 1. The molecule has 0 unspecified atom stereocenters. The molecule has 0 amide bonds. The van der Waals surface area contributed by atoms with Crippen molar-refractivity contribution in [2.24, 2.45) is 0 Å². The maximum atomic E-state index is 14.0. The summed E-state index contributed by atoms with van der Waals surface area (Å²) >= 11 is 0. The van der Waals surface area contributed by atoms with Crippen LogP contribution < -0.4 is 5.32 Å². The lowest BCUT2D eigenvalue weighted by atomic mass is 9.98. The molecule has 0 aromatic heterocycles. The van der Waals surface area contributed by atoms with Crippen molar-refractivity contribution in [3.05, 3.63) is 29.6 Å². The van der Waals surface area contributed by atoms with E-state index in [-0.39, 0.29) is 5.56 Å². The number of hydrogen-bond donors (Lipinski definition) is 3. The molecular formula is C13H17F3N2O2. The highest BCUT2D eigenvalue weighted by Crippen LogP contribution is 2.37. The van der Waals surface area contributed by atoms with Crippen LogP contribution in [-0.4, -0.2) is 53.8 Å². The van der Waals surface area contributed by atoms with E-state index < -0.39 is 30.1 Å². The predicted octanol–water partition coefficient (Wildman–Crippen LogP) is 1.11. The van der Waals surface area contributed by atoms with Gasteiger partial charge in [-0.05, 0) is 17.7 Å². The van der Waals surface area contributed by atoms with Crippen molar-refractivity contribution in [2.45, 2.75) is 12.0 Å². The molecule has 0 radical (unpaired) electrons. The number of nitrogens with one attached hydrogen (secondary N) is 1. The van der Waals surface area contributed by atoms with Gasteiger partial charge in [-0.15, -0.1) is 0 Å². The van der Waals surface area contributed by atoms with Gasteiger partial charge in [0.2, 0.25) is 0 Å². The van der Waals surface area contributed by atoms with Crippen molar-refractivity contribution >= 4 is 0 Å². The number of halogens is 3. The third kappa shape index (κ3) is 3.05. The molecule has 1 aliphatic heterocycles. The summed E-state index contributed by atoms with van der Waals surface area (Å²) in [6.45, 7) is 0.548. The van der Waals surface area contributed by atoms with Crippen molar-refractivity contribution in [3.8, 4) is 5.75 Å². The number of hydrogen-bond acceptors (Lipinski definition) is 4. The second kappa shape index (κ2) is 5.99. The van der Waals surface area contributed by atoms with Crippen LogP contribution in [0.3, 0.4) is 0 Å². The zero-order valence-corrected chi connectivity index (χ0v) is 10.8. The molecule has 2 rings (SSSR count). The van der Waals surface area contributed by atoms with E-state index in [9.17, 15) is 13.2 Å². The number of phenols is 1. The first-order valence-corrected chi connectivity index (χ1v) is 6.37. The van der Waals surface area contributed by atoms with E-state index in [1.807, 2.05) is 0 Å². The fourth-order valence-electron chi connectivity index (χ4n) is 2.44. The maximum Gasteiger partial charge on any atom is 0.289 e. The van der Waals surface area contributed by atoms with Gasteiger partial charge < -0.3 is 15.5 Å². The average molecular weight is 290 g/mol. The number of phenolic OH excluding ortho intramolecular Hbond substituents is 1. The van der Waals surface area contributed by atoms with E-state index in [2.05, 4.69) is 5.32 Å². The van der Waals surface area contributed by atoms with Gasteiger partial charge in [0, 0.05) is 26.2 Å². The lowest BCUT2D eigenvalue weighted by Gasteiger charge is -2.38. The number of rotatable bonds is 4. The van der Waals surface area contributed by atoms with E-state index >= 15 is 0 Å². The summed E-state index contributed by atoms with van der Waals surface area (Å²) in [6.07, 6.45) is 0. The number of piperazine rings is 1. The molecule has 3 N–H and O–H groups in total. The molecule has 1 heterocycles. The van der Waals surface area contributed by atoms with Gasteiger partial charge >= 0.3 is 0 Å². The van der Waals surface area contributed by atoms with Crippen molar-refractivity contribution < 1.29 is 23.4 Å². The van der Waals surface area contributed by atoms with Crippen LogP contribution in [0, 0.1) is 5.82 Å². The fourth-order valence-corrected chi connectivity index (χ4v) is 2.44. The largest absolute Gasteiger partial charge is 0.505 e. The Labute approximate surface area is 114 Å². The average Bonchev–Trinajstić information content (AvgIpc) is 2.44. The van der Waals surface area contributed by atoms with Crippen LogP contribution in [0.25, 0.3) is 0 Å². The first-order chi connectivity index (χ1) is 9.45. The second-order valence-electron chi connectivity index (χ2n) is 4.82. The molecule has 20 heavy (non-hydrogen) atoms. The third-order valence-electron chi connectivity index (χ3n) is 3.42. The van der Waals surface area contributed by atoms with Crippen molar-refractivity contribution in [1.82, 2.24) is 10.2 Å². The van der Waals surface area contributed by atoms with E-state index in [0.29, 0.717) is 26.2 Å². The molecule has 0 bridgehead atoms. The van der Waals surface area contributed by atoms with Crippen molar-refractivity contribution in [3.63, 3.8) is 0 Å². The lowest BCUT2D eigenvalue weighted by Crippen LogP contribution is -2.51. The molecule has 1 aromatic rings. The molecule has 1 atom stereocenters. The highest BCUT2D eigenvalue weighted by molar-refractivity contribution is 5.31. The Kier molecular flexibility index (Phi) is 4.52. The molecule has 1 saturated heterocycles. The van der Waals surface area contributed by atoms with Crippen LogP contribution in [-0.2, 0) is 0 Å². The molecule has 0 spiro atoms. The monoisotopic (exact) mass is 290 g/mol. The van der Waals surface area contributed by atoms with Gasteiger partial charge in [0.1, 0.15) is 12.6 Å². The van der Waals surface area contributed by atoms with Crippen LogP contribution in [0.2, 0.25) is 0 Å². The second-order valence-corrected chi connectivity index (χ2v) is 4.82. The third-order valence-corrected chi connectivity index (χ3v) is 3.42. The van der Waals surface area contributed by atoms with Crippen LogP contribution in [0.5, 0.6) is 5.75 Å². The summed E-state index contributed by atoms with van der Waals surface area (Å²) < 4.78 is 41.5. The molecule has 4 nitrogen and oxygen atoms in total. The zero-order valence-electron chi connectivity index (χ0n) is 10.8. The first-order valence-electron chi connectivity index (χ1n) is 6.37. The predicted molar refractivity (Wildman–Crippen MR) is 67.3 cm³/mol. The van der Waals surface area contributed by atoms with Crippen LogP contribution >= 0.6 is 0 Å². The Hall–Kier alpha value is -1.31. The minimum atomic E-state index is -3.39. The van der Waals surface area contributed by atoms with E-state index in [1.165, 1.54) is 11.0 Å². The van der Waals surface area contributed by atoms with Gasteiger partial charge in [-0.2, -0.15) is 0 Å². The van der Waals surface area contributed by atoms with E-state index in [0.717, 1.165) is 12.1 Å². The van der Waals surface area contributed by atoms with Gasteiger partial charge in [-0.25, -0.2) is 13.2 Å². The minimum absolute atomic E-state index is 0.0428. The molecular weight excluding hydrogens is 273 g/mol. The smallest absolute Gasteiger partial charge is 0.289 e. The van der Waals surface area contributed by atoms with Gasteiger partial charge in [-0.1, -0.05) is 6.07 Å². The Morgan fingerprint density at radius 2 is 1.95 bits per heavy atom. The fraction of sp³-hybridized carbons (Fsp3) is 0.538. The number of aliphatic hydroxyl groups excluding tert-OH is 1. The van der Waals surface area contributed by atoms with Gasteiger partial charge in [0.15, 0.2) is 11.6 Å². The van der Waals surface area contributed by atoms with Crippen molar-refractivity contribution in [2.75, 3.05) is 32.8 Å². The quantitative estimate of drug-likeness (QED) is 0.777. The standard InChI is InChI=1S/C13H17F3N2O2/c14-10-7-9(1-2-11(10)20)12(13(15,16)8-19)18-5-3-17-4-6-18/h1-2,7,12,17,19-20H,3-6,8H2/t12-/m0/s1. The molecule has 112 valence electrons.